The van der Waals surface area contributed by atoms with Crippen LogP contribution in [0.2, 0.25) is 0 Å². The molecule has 0 saturated carbocycles. The SMILES string of the molecule is Nc1ccc(OCCc2ccc(F)cc2)nc1. The summed E-state index contributed by atoms with van der Waals surface area (Å²) >= 11 is 0. The van der Waals surface area contributed by atoms with Gasteiger partial charge in [0.05, 0.1) is 18.5 Å². The molecular weight excluding hydrogens is 219 g/mol. The van der Waals surface area contributed by atoms with Crippen LogP contribution in [0.1, 0.15) is 5.56 Å². The first-order valence-corrected chi connectivity index (χ1v) is 5.33. The molecule has 3 nitrogen and oxygen atoms in total. The molecule has 88 valence electrons. The number of nitrogen functional groups attached to an aromatic ring is 1. The lowest BCUT2D eigenvalue weighted by molar-refractivity contribution is 0.309. The standard InChI is InChI=1S/C13H13FN2O/c14-11-3-1-10(2-4-11)7-8-17-13-6-5-12(15)9-16-13/h1-6,9H,7-8,15H2. The monoisotopic (exact) mass is 232 g/mol. The normalized spacial score (nSPS) is 10.2. The number of nitrogens with zero attached hydrogens (tertiary/aromatic N) is 1. The minimum absolute atomic E-state index is 0.227. The molecule has 1 aromatic heterocycles. The van der Waals surface area contributed by atoms with Gasteiger partial charge in [0, 0.05) is 12.5 Å². The molecule has 0 atom stereocenters. The highest BCUT2D eigenvalue weighted by molar-refractivity contribution is 5.35. The molecular formula is C13H13FN2O. The van der Waals surface area contributed by atoms with Crippen molar-refractivity contribution in [2.24, 2.45) is 0 Å². The van der Waals surface area contributed by atoms with E-state index in [4.69, 9.17) is 10.5 Å². The summed E-state index contributed by atoms with van der Waals surface area (Å²) in [5.41, 5.74) is 7.14. The Morgan fingerprint density at radius 2 is 1.88 bits per heavy atom. The van der Waals surface area contributed by atoms with E-state index < -0.39 is 0 Å². The summed E-state index contributed by atoms with van der Waals surface area (Å²) in [7, 11) is 0. The summed E-state index contributed by atoms with van der Waals surface area (Å²) in [5, 5.41) is 0. The molecule has 0 fully saturated rings. The molecule has 4 heteroatoms. The van der Waals surface area contributed by atoms with Crippen molar-refractivity contribution < 1.29 is 9.13 Å². The number of anilines is 1. The van der Waals surface area contributed by atoms with Gasteiger partial charge in [-0.1, -0.05) is 12.1 Å². The summed E-state index contributed by atoms with van der Waals surface area (Å²) in [6.45, 7) is 0.503. The molecule has 0 unspecified atom stereocenters. The first-order valence-electron chi connectivity index (χ1n) is 5.33. The number of hydrogen-bond donors (Lipinski definition) is 1. The van der Waals surface area contributed by atoms with Gasteiger partial charge in [-0.3, -0.25) is 0 Å². The van der Waals surface area contributed by atoms with E-state index in [0.717, 1.165) is 5.56 Å². The van der Waals surface area contributed by atoms with E-state index in [1.54, 1.807) is 30.5 Å². The molecule has 0 saturated heterocycles. The van der Waals surface area contributed by atoms with Gasteiger partial charge in [0.25, 0.3) is 0 Å². The third-order valence-electron chi connectivity index (χ3n) is 2.31. The van der Waals surface area contributed by atoms with Gasteiger partial charge < -0.3 is 10.5 Å². The van der Waals surface area contributed by atoms with Gasteiger partial charge in [-0.2, -0.15) is 0 Å². The molecule has 2 rings (SSSR count). The fourth-order valence-corrected chi connectivity index (χ4v) is 1.40. The Morgan fingerprint density at radius 3 is 2.53 bits per heavy atom. The molecule has 0 aliphatic carbocycles. The number of benzene rings is 1. The van der Waals surface area contributed by atoms with Crippen LogP contribution in [-0.4, -0.2) is 11.6 Å². The predicted molar refractivity (Wildman–Crippen MR) is 64.2 cm³/mol. The fraction of sp³-hybridized carbons (Fsp3) is 0.154. The summed E-state index contributed by atoms with van der Waals surface area (Å²) < 4.78 is 18.1. The number of hydrogen-bond acceptors (Lipinski definition) is 3. The second kappa shape index (κ2) is 5.30. The van der Waals surface area contributed by atoms with Crippen LogP contribution in [0, 0.1) is 5.82 Å². The molecule has 0 spiro atoms. The molecule has 17 heavy (non-hydrogen) atoms. The Morgan fingerprint density at radius 1 is 1.12 bits per heavy atom. The highest BCUT2D eigenvalue weighted by atomic mass is 19.1. The van der Waals surface area contributed by atoms with Crippen LogP contribution in [0.3, 0.4) is 0 Å². The van der Waals surface area contributed by atoms with Crippen molar-refractivity contribution in [3.8, 4) is 5.88 Å². The van der Waals surface area contributed by atoms with Gasteiger partial charge in [0.15, 0.2) is 0 Å². The molecule has 0 aliphatic heterocycles. The van der Waals surface area contributed by atoms with Crippen LogP contribution in [0.4, 0.5) is 10.1 Å². The van der Waals surface area contributed by atoms with Gasteiger partial charge in [-0.15, -0.1) is 0 Å². The van der Waals surface area contributed by atoms with Crippen LogP contribution in [-0.2, 0) is 6.42 Å². The lowest BCUT2D eigenvalue weighted by Crippen LogP contribution is -2.02. The molecule has 0 amide bonds. The van der Waals surface area contributed by atoms with Crippen molar-refractivity contribution >= 4 is 5.69 Å². The Bertz CT molecular complexity index is 422. The smallest absolute Gasteiger partial charge is 0.213 e. The third-order valence-corrected chi connectivity index (χ3v) is 2.31. The van der Waals surface area contributed by atoms with Crippen LogP contribution in [0.5, 0.6) is 5.88 Å². The Hall–Kier alpha value is -2.10. The first kappa shape index (κ1) is 11.4. The largest absolute Gasteiger partial charge is 0.477 e. The number of pyridine rings is 1. The minimum Gasteiger partial charge on any atom is -0.477 e. The second-order valence-electron chi connectivity index (χ2n) is 3.65. The minimum atomic E-state index is -0.227. The maximum absolute atomic E-state index is 12.7. The molecule has 0 aliphatic rings. The fourth-order valence-electron chi connectivity index (χ4n) is 1.40. The van der Waals surface area contributed by atoms with Crippen LogP contribution in [0.15, 0.2) is 42.6 Å². The van der Waals surface area contributed by atoms with E-state index in [9.17, 15) is 4.39 Å². The molecule has 1 aromatic carbocycles. The maximum atomic E-state index is 12.7. The zero-order valence-corrected chi connectivity index (χ0v) is 9.27. The van der Waals surface area contributed by atoms with E-state index in [2.05, 4.69) is 4.98 Å². The summed E-state index contributed by atoms with van der Waals surface area (Å²) in [5.74, 6) is 0.316. The van der Waals surface area contributed by atoms with Gasteiger partial charge in [0.1, 0.15) is 5.82 Å². The number of halogens is 1. The van der Waals surface area contributed by atoms with Gasteiger partial charge in [-0.25, -0.2) is 9.37 Å². The summed E-state index contributed by atoms with van der Waals surface area (Å²) in [6.07, 6.45) is 2.26. The number of rotatable bonds is 4. The van der Waals surface area contributed by atoms with Crippen LogP contribution < -0.4 is 10.5 Å². The van der Waals surface area contributed by atoms with Crippen molar-refractivity contribution in [2.75, 3.05) is 12.3 Å². The average molecular weight is 232 g/mol. The van der Waals surface area contributed by atoms with E-state index in [1.165, 1.54) is 12.1 Å². The van der Waals surface area contributed by atoms with Crippen molar-refractivity contribution in [1.82, 2.24) is 4.98 Å². The van der Waals surface area contributed by atoms with E-state index in [0.29, 0.717) is 24.6 Å². The highest BCUT2D eigenvalue weighted by Crippen LogP contribution is 2.09. The topological polar surface area (TPSA) is 48.1 Å². The molecule has 2 aromatic rings. The third kappa shape index (κ3) is 3.45. The second-order valence-corrected chi connectivity index (χ2v) is 3.65. The molecule has 0 bridgehead atoms. The Kier molecular flexibility index (Phi) is 3.55. The van der Waals surface area contributed by atoms with Crippen LogP contribution >= 0.6 is 0 Å². The van der Waals surface area contributed by atoms with Crippen LogP contribution in [0.25, 0.3) is 0 Å². The van der Waals surface area contributed by atoms with E-state index in [-0.39, 0.29) is 5.82 Å². The number of aromatic nitrogens is 1. The highest BCUT2D eigenvalue weighted by Gasteiger charge is 1.97. The lowest BCUT2D eigenvalue weighted by Gasteiger charge is -2.05. The Balaban J connectivity index is 1.83. The maximum Gasteiger partial charge on any atom is 0.213 e. The zero-order valence-electron chi connectivity index (χ0n) is 9.27. The van der Waals surface area contributed by atoms with Crippen molar-refractivity contribution in [3.63, 3.8) is 0 Å². The molecule has 2 N–H and O–H groups in total. The van der Waals surface area contributed by atoms with Gasteiger partial charge in [0.2, 0.25) is 5.88 Å². The lowest BCUT2D eigenvalue weighted by atomic mass is 10.2. The van der Waals surface area contributed by atoms with Gasteiger partial charge in [-0.05, 0) is 23.8 Å². The molecule has 0 radical (unpaired) electrons. The number of nitrogens with two attached hydrogens (primary N) is 1. The first-order chi connectivity index (χ1) is 8.24. The van der Waals surface area contributed by atoms with Crippen molar-refractivity contribution in [2.45, 2.75) is 6.42 Å². The Labute approximate surface area is 99.1 Å². The van der Waals surface area contributed by atoms with E-state index in [1.807, 2.05) is 0 Å². The van der Waals surface area contributed by atoms with E-state index >= 15 is 0 Å². The van der Waals surface area contributed by atoms with Crippen molar-refractivity contribution in [3.05, 3.63) is 54.0 Å². The van der Waals surface area contributed by atoms with Gasteiger partial charge >= 0.3 is 0 Å². The average Bonchev–Trinajstić information content (AvgIpc) is 2.34. The number of ether oxygens (including phenoxy) is 1. The van der Waals surface area contributed by atoms with Crippen molar-refractivity contribution in [1.29, 1.82) is 0 Å². The predicted octanol–water partition coefficient (Wildman–Crippen LogP) is 2.42. The summed E-state index contributed by atoms with van der Waals surface area (Å²) in [4.78, 5) is 4.02. The molecule has 1 heterocycles. The summed E-state index contributed by atoms with van der Waals surface area (Å²) in [6, 6.07) is 9.83. The quantitative estimate of drug-likeness (QED) is 0.880. The zero-order chi connectivity index (χ0) is 12.1.